The lowest BCUT2D eigenvalue weighted by atomic mass is 10.1. The molecular formula is C14H20FN3O. The predicted molar refractivity (Wildman–Crippen MR) is 71.8 cm³/mol. The molecule has 1 saturated heterocycles. The van der Waals surface area contributed by atoms with Gasteiger partial charge in [-0.1, -0.05) is 12.1 Å². The molecule has 3 N–H and O–H groups in total. The highest BCUT2D eigenvalue weighted by Gasteiger charge is 2.30. The topological polar surface area (TPSA) is 58.4 Å². The zero-order valence-corrected chi connectivity index (χ0v) is 11.2. The van der Waals surface area contributed by atoms with Gasteiger partial charge >= 0.3 is 0 Å². The fourth-order valence-corrected chi connectivity index (χ4v) is 2.57. The van der Waals surface area contributed by atoms with Gasteiger partial charge in [-0.25, -0.2) is 4.39 Å². The monoisotopic (exact) mass is 265 g/mol. The lowest BCUT2D eigenvalue weighted by molar-refractivity contribution is -0.125. The van der Waals surface area contributed by atoms with Crippen LogP contribution in [0.2, 0.25) is 0 Å². The summed E-state index contributed by atoms with van der Waals surface area (Å²) in [6.45, 7) is 1.67. The van der Waals surface area contributed by atoms with Gasteiger partial charge in [0, 0.05) is 25.7 Å². The smallest absolute Gasteiger partial charge is 0.237 e. The van der Waals surface area contributed by atoms with E-state index in [0.29, 0.717) is 18.7 Å². The van der Waals surface area contributed by atoms with Gasteiger partial charge in [0.2, 0.25) is 5.91 Å². The van der Waals surface area contributed by atoms with E-state index in [1.54, 1.807) is 19.2 Å². The summed E-state index contributed by atoms with van der Waals surface area (Å²) in [5, 5.41) is 2.67. The Morgan fingerprint density at radius 2 is 2.37 bits per heavy atom. The van der Waals surface area contributed by atoms with E-state index in [4.69, 9.17) is 5.73 Å². The first kappa shape index (κ1) is 14.0. The van der Waals surface area contributed by atoms with Gasteiger partial charge in [-0.15, -0.1) is 0 Å². The Kier molecular flexibility index (Phi) is 4.50. The summed E-state index contributed by atoms with van der Waals surface area (Å²) in [5.74, 6) is -0.229. The first-order chi connectivity index (χ1) is 9.15. The van der Waals surface area contributed by atoms with E-state index in [2.05, 4.69) is 5.32 Å². The maximum Gasteiger partial charge on any atom is 0.237 e. The van der Waals surface area contributed by atoms with Crippen molar-refractivity contribution in [1.82, 2.24) is 10.2 Å². The van der Waals surface area contributed by atoms with Crippen LogP contribution in [0.3, 0.4) is 0 Å². The molecule has 1 aromatic carbocycles. The molecule has 0 bridgehead atoms. The Morgan fingerprint density at radius 1 is 1.58 bits per heavy atom. The van der Waals surface area contributed by atoms with E-state index in [1.807, 2.05) is 4.90 Å². The zero-order valence-electron chi connectivity index (χ0n) is 11.2. The second kappa shape index (κ2) is 6.12. The van der Waals surface area contributed by atoms with E-state index in [9.17, 15) is 9.18 Å². The van der Waals surface area contributed by atoms with Crippen molar-refractivity contribution in [2.75, 3.05) is 13.6 Å². The van der Waals surface area contributed by atoms with Gasteiger partial charge in [0.15, 0.2) is 0 Å². The molecule has 0 aliphatic carbocycles. The third kappa shape index (κ3) is 3.11. The number of hydrogen-bond donors (Lipinski definition) is 2. The number of amides is 1. The molecular weight excluding hydrogens is 245 g/mol. The first-order valence-electron chi connectivity index (χ1n) is 6.58. The Morgan fingerprint density at radius 3 is 3.05 bits per heavy atom. The van der Waals surface area contributed by atoms with Crippen LogP contribution >= 0.6 is 0 Å². The quantitative estimate of drug-likeness (QED) is 0.853. The van der Waals surface area contributed by atoms with Gasteiger partial charge in [-0.05, 0) is 31.0 Å². The van der Waals surface area contributed by atoms with Gasteiger partial charge in [0.05, 0.1) is 6.04 Å². The predicted octanol–water partition coefficient (Wildman–Crippen LogP) is 0.995. The lowest BCUT2D eigenvalue weighted by Crippen LogP contribution is -2.41. The molecule has 1 aromatic rings. The van der Waals surface area contributed by atoms with Crippen LogP contribution < -0.4 is 11.1 Å². The van der Waals surface area contributed by atoms with Gasteiger partial charge in [0.25, 0.3) is 0 Å². The van der Waals surface area contributed by atoms with Gasteiger partial charge in [-0.3, -0.25) is 9.69 Å². The average molecular weight is 265 g/mol. The number of hydrogen-bond acceptors (Lipinski definition) is 3. The molecule has 4 nitrogen and oxygen atoms in total. The highest BCUT2D eigenvalue weighted by molar-refractivity contribution is 5.81. The highest BCUT2D eigenvalue weighted by Crippen LogP contribution is 2.22. The van der Waals surface area contributed by atoms with Gasteiger partial charge in [-0.2, -0.15) is 0 Å². The third-order valence-electron chi connectivity index (χ3n) is 3.63. The molecule has 1 fully saturated rings. The second-order valence-corrected chi connectivity index (χ2v) is 4.87. The van der Waals surface area contributed by atoms with E-state index in [1.165, 1.54) is 6.07 Å². The third-order valence-corrected chi connectivity index (χ3v) is 3.63. The van der Waals surface area contributed by atoms with E-state index in [0.717, 1.165) is 24.9 Å². The van der Waals surface area contributed by atoms with Crippen LogP contribution in [0.4, 0.5) is 4.39 Å². The van der Waals surface area contributed by atoms with Crippen molar-refractivity contribution in [1.29, 1.82) is 0 Å². The van der Waals surface area contributed by atoms with E-state index in [-0.39, 0.29) is 17.8 Å². The minimum absolute atomic E-state index is 0.00730. The largest absolute Gasteiger partial charge is 0.358 e. The summed E-state index contributed by atoms with van der Waals surface area (Å²) in [5.41, 5.74) is 7.09. The fraction of sp³-hybridized carbons (Fsp3) is 0.500. The summed E-state index contributed by atoms with van der Waals surface area (Å²) in [4.78, 5) is 13.8. The standard InChI is InChI=1S/C14H20FN3O/c1-17-14(19)13-3-2-6-18(13)9-11-7-10(8-16)4-5-12(11)15/h4-5,7,13H,2-3,6,8-9,16H2,1H3,(H,17,19). The van der Waals surface area contributed by atoms with Crippen molar-refractivity contribution in [3.05, 3.63) is 35.1 Å². The van der Waals surface area contributed by atoms with Crippen molar-refractivity contribution >= 4 is 5.91 Å². The van der Waals surface area contributed by atoms with E-state index < -0.39 is 0 Å². The number of halogens is 1. The molecule has 19 heavy (non-hydrogen) atoms. The summed E-state index contributed by atoms with van der Waals surface area (Å²) in [6.07, 6.45) is 1.80. The summed E-state index contributed by atoms with van der Waals surface area (Å²) < 4.78 is 13.8. The van der Waals surface area contributed by atoms with Crippen molar-refractivity contribution in [3.63, 3.8) is 0 Å². The fourth-order valence-electron chi connectivity index (χ4n) is 2.57. The maximum absolute atomic E-state index is 13.8. The Hall–Kier alpha value is -1.46. The number of nitrogens with two attached hydrogens (primary N) is 1. The van der Waals surface area contributed by atoms with Crippen LogP contribution in [-0.4, -0.2) is 30.4 Å². The number of rotatable bonds is 4. The van der Waals surface area contributed by atoms with Crippen LogP contribution in [0.15, 0.2) is 18.2 Å². The molecule has 1 amide bonds. The molecule has 1 atom stereocenters. The molecule has 0 spiro atoms. The number of carbonyl (C=O) groups excluding carboxylic acids is 1. The molecule has 1 unspecified atom stereocenters. The lowest BCUT2D eigenvalue weighted by Gasteiger charge is -2.23. The van der Waals surface area contributed by atoms with Crippen molar-refractivity contribution < 1.29 is 9.18 Å². The summed E-state index contributed by atoms with van der Waals surface area (Å²) in [6, 6.07) is 4.78. The average Bonchev–Trinajstić information content (AvgIpc) is 2.88. The molecule has 104 valence electrons. The summed E-state index contributed by atoms with van der Waals surface area (Å²) >= 11 is 0. The van der Waals surface area contributed by atoms with E-state index >= 15 is 0 Å². The maximum atomic E-state index is 13.8. The Bertz CT molecular complexity index is 464. The molecule has 2 rings (SSSR count). The van der Waals surface area contributed by atoms with Crippen LogP contribution in [0.1, 0.15) is 24.0 Å². The van der Waals surface area contributed by atoms with Crippen molar-refractivity contribution in [2.45, 2.75) is 32.0 Å². The number of benzene rings is 1. The minimum atomic E-state index is -0.236. The van der Waals surface area contributed by atoms with Crippen LogP contribution in [0.5, 0.6) is 0 Å². The molecule has 0 radical (unpaired) electrons. The SMILES string of the molecule is CNC(=O)C1CCCN1Cc1cc(CN)ccc1F. The van der Waals surface area contributed by atoms with Crippen LogP contribution in [0.25, 0.3) is 0 Å². The number of likely N-dealkylation sites (N-methyl/N-ethyl adjacent to an activating group) is 1. The van der Waals surface area contributed by atoms with Gasteiger partial charge < -0.3 is 11.1 Å². The Labute approximate surface area is 112 Å². The molecule has 0 saturated carbocycles. The van der Waals surface area contributed by atoms with Crippen LogP contribution in [-0.2, 0) is 17.9 Å². The van der Waals surface area contributed by atoms with Gasteiger partial charge in [0.1, 0.15) is 5.82 Å². The highest BCUT2D eigenvalue weighted by atomic mass is 19.1. The first-order valence-corrected chi connectivity index (χ1v) is 6.58. The molecule has 1 aliphatic heterocycles. The van der Waals surface area contributed by atoms with Crippen LogP contribution in [0, 0.1) is 5.82 Å². The minimum Gasteiger partial charge on any atom is -0.358 e. The number of carbonyl (C=O) groups is 1. The second-order valence-electron chi connectivity index (χ2n) is 4.87. The molecule has 1 heterocycles. The zero-order chi connectivity index (χ0) is 13.8. The normalized spacial score (nSPS) is 19.6. The van der Waals surface area contributed by atoms with Crippen molar-refractivity contribution in [2.24, 2.45) is 5.73 Å². The summed E-state index contributed by atoms with van der Waals surface area (Å²) in [7, 11) is 1.63. The number of nitrogens with one attached hydrogen (secondary N) is 1. The number of nitrogens with zero attached hydrogens (tertiary/aromatic N) is 1. The Balaban J connectivity index is 2.14. The number of likely N-dealkylation sites (tertiary alicyclic amines) is 1. The van der Waals surface area contributed by atoms with Crippen molar-refractivity contribution in [3.8, 4) is 0 Å². The molecule has 1 aliphatic rings. The molecule has 0 aromatic heterocycles. The molecule has 5 heteroatoms.